The molecule has 2 aromatic heterocycles. The molecule has 0 aliphatic rings. The van der Waals surface area contributed by atoms with Crippen LogP contribution in [0.4, 0.5) is 16.6 Å². The quantitative estimate of drug-likeness (QED) is 0.207. The minimum absolute atomic E-state index is 0.197. The lowest BCUT2D eigenvalue weighted by atomic mass is 10.1. The molecule has 0 aliphatic heterocycles. The normalized spacial score (nSPS) is 10.8. The van der Waals surface area contributed by atoms with Gasteiger partial charge >= 0.3 is 6.09 Å². The van der Waals surface area contributed by atoms with Crippen molar-refractivity contribution < 1.29 is 23.8 Å². The van der Waals surface area contributed by atoms with E-state index in [4.69, 9.17) is 24.9 Å². The molecule has 2 heterocycles. The Hall–Kier alpha value is -4.64. The third kappa shape index (κ3) is 7.68. The zero-order valence-electron chi connectivity index (χ0n) is 21.8. The highest BCUT2D eigenvalue weighted by atomic mass is 16.5. The highest BCUT2D eigenvalue weighted by molar-refractivity contribution is 5.99. The Balaban J connectivity index is 1.52. The van der Waals surface area contributed by atoms with Gasteiger partial charge in [0.05, 0.1) is 12.1 Å². The number of anilines is 2. The molecule has 11 heteroatoms. The molecule has 0 saturated heterocycles. The number of carbonyl (C=O) groups is 2. The maximum atomic E-state index is 12.2. The van der Waals surface area contributed by atoms with Crippen molar-refractivity contribution in [2.45, 2.75) is 26.0 Å². The molecule has 4 rings (SSSR count). The number of fused-ring (bicyclic) bond motifs is 1. The molecule has 0 saturated carbocycles. The molecule has 0 unspecified atom stereocenters. The van der Waals surface area contributed by atoms with Gasteiger partial charge < -0.3 is 35.1 Å². The molecule has 204 valence electrons. The molecule has 4 N–H and O–H groups in total. The summed E-state index contributed by atoms with van der Waals surface area (Å²) in [6, 6.07) is 18.3. The minimum atomic E-state index is -0.578. The number of alkyl carbamates (subject to hydrolysis) is 1. The number of rotatable bonds is 14. The third-order valence-electron chi connectivity index (χ3n) is 5.79. The van der Waals surface area contributed by atoms with Gasteiger partial charge in [0.2, 0.25) is 11.9 Å². The second-order valence-electron chi connectivity index (χ2n) is 8.67. The number of hydrogen-bond acceptors (Lipinski definition) is 8. The summed E-state index contributed by atoms with van der Waals surface area (Å²) in [5.74, 6) is 1.02. The van der Waals surface area contributed by atoms with Crippen molar-refractivity contribution in [2.24, 2.45) is 5.73 Å². The van der Waals surface area contributed by atoms with Crippen LogP contribution in [-0.4, -0.2) is 53.4 Å². The summed E-state index contributed by atoms with van der Waals surface area (Å²) in [7, 11) is 1.63. The predicted octanol–water partition coefficient (Wildman–Crippen LogP) is 4.01. The first kappa shape index (κ1) is 27.4. The Morgan fingerprint density at radius 3 is 2.59 bits per heavy atom. The number of methoxy groups -OCH3 is 1. The first-order chi connectivity index (χ1) is 19.0. The van der Waals surface area contributed by atoms with Gasteiger partial charge in [0.1, 0.15) is 23.7 Å². The average Bonchev–Trinajstić information content (AvgIpc) is 3.30. The number of hydrogen-bond donors (Lipinski definition) is 3. The smallest absolute Gasteiger partial charge is 0.407 e. The molecule has 2 amide bonds. The maximum Gasteiger partial charge on any atom is 0.407 e. The van der Waals surface area contributed by atoms with Gasteiger partial charge in [-0.1, -0.05) is 36.4 Å². The number of nitrogens with two attached hydrogens (primary N) is 1. The number of benzene rings is 2. The number of amides is 2. The van der Waals surface area contributed by atoms with Gasteiger partial charge in [-0.25, -0.2) is 14.8 Å². The van der Waals surface area contributed by atoms with E-state index in [0.717, 1.165) is 5.56 Å². The summed E-state index contributed by atoms with van der Waals surface area (Å²) in [5, 5.41) is 6.02. The third-order valence-corrected chi connectivity index (χ3v) is 5.79. The van der Waals surface area contributed by atoms with Crippen LogP contribution in [0.1, 0.15) is 28.8 Å². The number of aryl methyl sites for hydroxylation is 1. The van der Waals surface area contributed by atoms with Crippen LogP contribution in [-0.2, 0) is 22.6 Å². The van der Waals surface area contributed by atoms with Gasteiger partial charge in [-0.05, 0) is 36.2 Å². The van der Waals surface area contributed by atoms with E-state index < -0.39 is 12.0 Å². The van der Waals surface area contributed by atoms with E-state index in [2.05, 4.69) is 15.6 Å². The van der Waals surface area contributed by atoms with Crippen LogP contribution in [0, 0.1) is 0 Å². The summed E-state index contributed by atoms with van der Waals surface area (Å²) in [6.07, 6.45) is 2.43. The highest BCUT2D eigenvalue weighted by Gasteiger charge is 2.19. The van der Waals surface area contributed by atoms with Gasteiger partial charge in [0.25, 0.3) is 0 Å². The number of nitrogens with zero attached hydrogens (tertiary/aromatic N) is 3. The molecular weight excluding hydrogens is 500 g/mol. The van der Waals surface area contributed by atoms with Gasteiger partial charge in [-0.15, -0.1) is 0 Å². The SMILES string of the molecule is COCCCOc1cc(C(N)=O)cc2nc(Nc3ccccn3)n(CCCNC(=O)OCc3ccccc3)c12. The highest BCUT2D eigenvalue weighted by Crippen LogP contribution is 2.32. The van der Waals surface area contributed by atoms with E-state index in [1.54, 1.807) is 25.4 Å². The van der Waals surface area contributed by atoms with E-state index in [9.17, 15) is 9.59 Å². The van der Waals surface area contributed by atoms with Crippen LogP contribution >= 0.6 is 0 Å². The number of pyridine rings is 1. The summed E-state index contributed by atoms with van der Waals surface area (Å²) in [6.45, 7) is 1.97. The van der Waals surface area contributed by atoms with Crippen LogP contribution in [0.25, 0.3) is 11.0 Å². The molecule has 0 spiro atoms. The lowest BCUT2D eigenvalue weighted by Gasteiger charge is -2.14. The Labute approximate surface area is 226 Å². The van der Waals surface area contributed by atoms with Crippen LogP contribution < -0.4 is 21.1 Å². The molecule has 2 aromatic carbocycles. The van der Waals surface area contributed by atoms with Gasteiger partial charge in [0, 0.05) is 45.0 Å². The summed E-state index contributed by atoms with van der Waals surface area (Å²) in [4.78, 5) is 33.2. The molecule has 0 atom stereocenters. The fourth-order valence-corrected chi connectivity index (χ4v) is 3.93. The number of nitrogens with one attached hydrogen (secondary N) is 2. The average molecular weight is 533 g/mol. The summed E-state index contributed by atoms with van der Waals surface area (Å²) < 4.78 is 18.4. The fourth-order valence-electron chi connectivity index (χ4n) is 3.93. The number of aromatic nitrogens is 3. The standard InChI is InChI=1S/C28H32N6O5/c1-37-15-8-16-38-23-18-21(26(29)35)17-22-25(23)34(27(32-22)33-24-11-5-6-12-30-24)14-7-13-31-28(36)39-19-20-9-3-2-4-10-20/h2-6,9-12,17-18H,7-8,13-16,19H2,1H3,(H2,29,35)(H,31,36)(H,30,32,33). The maximum absolute atomic E-state index is 12.2. The molecule has 11 nitrogen and oxygen atoms in total. The minimum Gasteiger partial charge on any atom is -0.491 e. The molecule has 39 heavy (non-hydrogen) atoms. The van der Waals surface area contributed by atoms with Crippen molar-refractivity contribution in [3.63, 3.8) is 0 Å². The van der Waals surface area contributed by atoms with Gasteiger partial charge in [-0.2, -0.15) is 0 Å². The van der Waals surface area contributed by atoms with E-state index in [1.807, 2.05) is 53.1 Å². The molecule has 4 aromatic rings. The summed E-state index contributed by atoms with van der Waals surface area (Å²) in [5.41, 5.74) is 8.03. The number of primary amides is 1. The predicted molar refractivity (Wildman–Crippen MR) is 147 cm³/mol. The van der Waals surface area contributed by atoms with Crippen LogP contribution in [0.2, 0.25) is 0 Å². The van der Waals surface area contributed by atoms with E-state index in [1.165, 1.54) is 0 Å². The Morgan fingerprint density at radius 1 is 1.03 bits per heavy atom. The molecule has 0 bridgehead atoms. The Morgan fingerprint density at radius 2 is 1.85 bits per heavy atom. The van der Waals surface area contributed by atoms with Crippen LogP contribution in [0.15, 0.2) is 66.9 Å². The second kappa shape index (κ2) is 13.8. The van der Waals surface area contributed by atoms with Crippen molar-refractivity contribution in [1.82, 2.24) is 19.9 Å². The monoisotopic (exact) mass is 532 g/mol. The van der Waals surface area contributed by atoms with E-state index in [-0.39, 0.29) is 6.61 Å². The number of carbonyl (C=O) groups excluding carboxylic acids is 2. The molecule has 0 aliphatic carbocycles. The number of ether oxygens (including phenoxy) is 3. The zero-order chi connectivity index (χ0) is 27.5. The summed E-state index contributed by atoms with van der Waals surface area (Å²) >= 11 is 0. The van der Waals surface area contributed by atoms with Crippen molar-refractivity contribution in [1.29, 1.82) is 0 Å². The lowest BCUT2D eigenvalue weighted by Crippen LogP contribution is -2.26. The van der Waals surface area contributed by atoms with Gasteiger partial charge in [-0.3, -0.25) is 4.79 Å². The molecule has 0 fully saturated rings. The van der Waals surface area contributed by atoms with Gasteiger partial charge in [0.15, 0.2) is 0 Å². The Bertz CT molecular complexity index is 1380. The van der Waals surface area contributed by atoms with E-state index >= 15 is 0 Å². The molecule has 0 radical (unpaired) electrons. The van der Waals surface area contributed by atoms with Crippen LogP contribution in [0.3, 0.4) is 0 Å². The van der Waals surface area contributed by atoms with E-state index in [0.29, 0.717) is 73.3 Å². The number of imidazole rings is 1. The van der Waals surface area contributed by atoms with Crippen molar-refractivity contribution in [3.05, 3.63) is 78.0 Å². The Kier molecular flexibility index (Phi) is 9.68. The topological polar surface area (TPSA) is 143 Å². The largest absolute Gasteiger partial charge is 0.491 e. The fraction of sp³-hybridized carbons (Fsp3) is 0.286. The van der Waals surface area contributed by atoms with Crippen molar-refractivity contribution >= 4 is 34.8 Å². The first-order valence-corrected chi connectivity index (χ1v) is 12.6. The molecular formula is C28H32N6O5. The van der Waals surface area contributed by atoms with Crippen molar-refractivity contribution in [2.75, 3.05) is 32.2 Å². The van der Waals surface area contributed by atoms with Crippen LogP contribution in [0.5, 0.6) is 5.75 Å². The first-order valence-electron chi connectivity index (χ1n) is 12.6. The lowest BCUT2D eigenvalue weighted by molar-refractivity contribution is 0.0999. The zero-order valence-corrected chi connectivity index (χ0v) is 21.8. The second-order valence-corrected chi connectivity index (χ2v) is 8.67. The van der Waals surface area contributed by atoms with Crippen molar-refractivity contribution in [3.8, 4) is 5.75 Å².